The van der Waals surface area contributed by atoms with Crippen LogP contribution in [0.1, 0.15) is 21.6 Å². The third kappa shape index (κ3) is 4.08. The Balaban J connectivity index is 1.85. The summed E-state index contributed by atoms with van der Waals surface area (Å²) in [6.07, 6.45) is 0. The zero-order valence-corrected chi connectivity index (χ0v) is 15.2. The summed E-state index contributed by atoms with van der Waals surface area (Å²) in [4.78, 5) is 34.5. The first-order valence-corrected chi connectivity index (χ1v) is 8.53. The van der Waals surface area contributed by atoms with E-state index in [1.54, 1.807) is 24.0 Å². The van der Waals surface area contributed by atoms with Gasteiger partial charge in [-0.05, 0) is 24.1 Å². The number of anilines is 1. The normalized spacial score (nSPS) is 14.3. The Hall–Kier alpha value is -2.94. The number of morpholine rings is 1. The lowest BCUT2D eigenvalue weighted by molar-refractivity contribution is 0.0775. The standard InChI is InChI=1S/C18H21FN4O4/c1-11-9-12(3-4-13(11)19)10-22(2)17(26)14-15(24)16(25)21-18(20-14)23-5-7-27-8-6-23/h3-4,9,24H,5-8,10H2,1-2H3,(H,20,21,25). The molecule has 2 aromatic rings. The number of hydrogen-bond donors (Lipinski definition) is 2. The second-order valence-corrected chi connectivity index (χ2v) is 6.43. The number of aryl methyl sites for hydroxylation is 1. The van der Waals surface area contributed by atoms with Gasteiger partial charge in [-0.25, -0.2) is 9.37 Å². The van der Waals surface area contributed by atoms with E-state index < -0.39 is 17.2 Å². The third-order valence-electron chi connectivity index (χ3n) is 4.38. The van der Waals surface area contributed by atoms with E-state index in [1.165, 1.54) is 18.0 Å². The van der Waals surface area contributed by atoms with Crippen LogP contribution in [0, 0.1) is 12.7 Å². The molecule has 9 heteroatoms. The molecule has 0 bridgehead atoms. The molecule has 1 saturated heterocycles. The maximum Gasteiger partial charge on any atom is 0.295 e. The van der Waals surface area contributed by atoms with E-state index >= 15 is 0 Å². The van der Waals surface area contributed by atoms with E-state index in [4.69, 9.17) is 4.74 Å². The van der Waals surface area contributed by atoms with Gasteiger partial charge in [0.15, 0.2) is 5.69 Å². The molecule has 1 fully saturated rings. The number of H-pyrrole nitrogens is 1. The highest BCUT2D eigenvalue weighted by atomic mass is 19.1. The largest absolute Gasteiger partial charge is 0.501 e. The van der Waals surface area contributed by atoms with Gasteiger partial charge in [0.2, 0.25) is 11.7 Å². The fraction of sp³-hybridized carbons (Fsp3) is 0.389. The molecule has 0 atom stereocenters. The lowest BCUT2D eigenvalue weighted by Gasteiger charge is -2.27. The number of benzene rings is 1. The number of halogens is 1. The van der Waals surface area contributed by atoms with Crippen molar-refractivity contribution in [2.45, 2.75) is 13.5 Å². The number of hydrogen-bond acceptors (Lipinski definition) is 6. The zero-order valence-electron chi connectivity index (χ0n) is 15.2. The van der Waals surface area contributed by atoms with Crippen molar-refractivity contribution in [3.63, 3.8) is 0 Å². The Morgan fingerprint density at radius 2 is 2.11 bits per heavy atom. The SMILES string of the molecule is Cc1cc(CN(C)C(=O)c2nc(N3CCOCC3)[nH]c(=O)c2O)ccc1F. The van der Waals surface area contributed by atoms with Gasteiger partial charge >= 0.3 is 0 Å². The molecule has 1 aliphatic heterocycles. The van der Waals surface area contributed by atoms with Crippen molar-refractivity contribution in [2.75, 3.05) is 38.3 Å². The number of carbonyl (C=O) groups excluding carboxylic acids is 1. The van der Waals surface area contributed by atoms with Crippen molar-refractivity contribution in [1.82, 2.24) is 14.9 Å². The predicted molar refractivity (Wildman–Crippen MR) is 96.5 cm³/mol. The average Bonchev–Trinajstić information content (AvgIpc) is 2.67. The molecule has 1 amide bonds. The Morgan fingerprint density at radius 3 is 2.78 bits per heavy atom. The summed E-state index contributed by atoms with van der Waals surface area (Å²) >= 11 is 0. The molecule has 1 aromatic heterocycles. The van der Waals surface area contributed by atoms with Crippen molar-refractivity contribution in [1.29, 1.82) is 0 Å². The summed E-state index contributed by atoms with van der Waals surface area (Å²) < 4.78 is 18.7. The fourth-order valence-corrected chi connectivity index (χ4v) is 2.86. The molecule has 27 heavy (non-hydrogen) atoms. The molecular formula is C18H21FN4O4. The minimum absolute atomic E-state index is 0.181. The molecule has 1 aliphatic rings. The highest BCUT2D eigenvalue weighted by Crippen LogP contribution is 2.17. The number of rotatable bonds is 4. The number of aromatic nitrogens is 2. The van der Waals surface area contributed by atoms with Crippen LogP contribution in [-0.2, 0) is 11.3 Å². The summed E-state index contributed by atoms with van der Waals surface area (Å²) in [5, 5.41) is 10.0. The lowest BCUT2D eigenvalue weighted by Crippen LogP contribution is -2.39. The Kier molecular flexibility index (Phi) is 5.41. The van der Waals surface area contributed by atoms with Crippen LogP contribution in [0.3, 0.4) is 0 Å². The van der Waals surface area contributed by atoms with Gasteiger partial charge in [-0.15, -0.1) is 0 Å². The minimum Gasteiger partial charge on any atom is -0.501 e. The predicted octanol–water partition coefficient (Wildman–Crippen LogP) is 1.03. The molecule has 2 N–H and O–H groups in total. The van der Waals surface area contributed by atoms with Gasteiger partial charge < -0.3 is 19.6 Å². The zero-order chi connectivity index (χ0) is 19.6. The van der Waals surface area contributed by atoms with Crippen LogP contribution < -0.4 is 10.5 Å². The van der Waals surface area contributed by atoms with Crippen molar-refractivity contribution in [2.24, 2.45) is 0 Å². The lowest BCUT2D eigenvalue weighted by atomic mass is 10.1. The number of aromatic hydroxyl groups is 1. The van der Waals surface area contributed by atoms with Crippen molar-refractivity contribution < 1.29 is 19.0 Å². The molecule has 144 valence electrons. The molecule has 0 unspecified atom stereocenters. The van der Waals surface area contributed by atoms with Gasteiger partial charge in [-0.3, -0.25) is 14.6 Å². The van der Waals surface area contributed by atoms with Gasteiger partial charge in [-0.1, -0.05) is 12.1 Å². The number of ether oxygens (including phenoxy) is 1. The van der Waals surface area contributed by atoms with Crippen LogP contribution in [0.5, 0.6) is 5.75 Å². The van der Waals surface area contributed by atoms with Crippen LogP contribution in [0.4, 0.5) is 10.3 Å². The Morgan fingerprint density at radius 1 is 1.41 bits per heavy atom. The van der Waals surface area contributed by atoms with Gasteiger partial charge in [-0.2, -0.15) is 0 Å². The van der Waals surface area contributed by atoms with Gasteiger partial charge in [0, 0.05) is 26.7 Å². The van der Waals surface area contributed by atoms with Crippen molar-refractivity contribution in [3.05, 3.63) is 51.2 Å². The van der Waals surface area contributed by atoms with E-state index in [9.17, 15) is 19.1 Å². The number of carbonyl (C=O) groups is 1. The van der Waals surface area contributed by atoms with E-state index in [0.29, 0.717) is 31.9 Å². The Bertz CT molecular complexity index is 909. The summed E-state index contributed by atoms with van der Waals surface area (Å²) in [7, 11) is 1.53. The minimum atomic E-state index is -0.777. The van der Waals surface area contributed by atoms with Crippen LogP contribution in [0.2, 0.25) is 0 Å². The molecule has 1 aromatic carbocycles. The second kappa shape index (κ2) is 7.75. The van der Waals surface area contributed by atoms with Crippen LogP contribution in [-0.4, -0.2) is 59.2 Å². The number of nitrogens with zero attached hydrogens (tertiary/aromatic N) is 3. The first kappa shape index (κ1) is 18.8. The number of aromatic amines is 1. The summed E-state index contributed by atoms with van der Waals surface area (Å²) in [6.45, 7) is 3.83. The Labute approximate surface area is 155 Å². The molecule has 2 heterocycles. The topological polar surface area (TPSA) is 98.8 Å². The van der Waals surface area contributed by atoms with Gasteiger partial charge in [0.25, 0.3) is 11.5 Å². The van der Waals surface area contributed by atoms with Crippen LogP contribution in [0.15, 0.2) is 23.0 Å². The van der Waals surface area contributed by atoms with Crippen LogP contribution in [0.25, 0.3) is 0 Å². The van der Waals surface area contributed by atoms with E-state index in [-0.39, 0.29) is 24.0 Å². The highest BCUT2D eigenvalue weighted by molar-refractivity contribution is 5.94. The number of nitrogens with one attached hydrogen (secondary N) is 1. The first-order chi connectivity index (χ1) is 12.9. The smallest absolute Gasteiger partial charge is 0.295 e. The maximum atomic E-state index is 13.4. The molecule has 3 rings (SSSR count). The summed E-state index contributed by atoms with van der Waals surface area (Å²) in [5.74, 6) is -1.43. The van der Waals surface area contributed by atoms with Crippen molar-refractivity contribution >= 4 is 11.9 Å². The third-order valence-corrected chi connectivity index (χ3v) is 4.38. The fourth-order valence-electron chi connectivity index (χ4n) is 2.86. The quantitative estimate of drug-likeness (QED) is 0.827. The summed E-state index contributed by atoms with van der Waals surface area (Å²) in [5.41, 5.74) is 0.102. The van der Waals surface area contributed by atoms with Crippen LogP contribution >= 0.6 is 0 Å². The van der Waals surface area contributed by atoms with Crippen molar-refractivity contribution in [3.8, 4) is 5.75 Å². The average molecular weight is 376 g/mol. The summed E-state index contributed by atoms with van der Waals surface area (Å²) in [6, 6.07) is 4.56. The molecule has 0 spiro atoms. The van der Waals surface area contributed by atoms with E-state index in [2.05, 4.69) is 9.97 Å². The van der Waals surface area contributed by atoms with Gasteiger partial charge in [0.05, 0.1) is 13.2 Å². The highest BCUT2D eigenvalue weighted by Gasteiger charge is 2.24. The molecule has 0 aliphatic carbocycles. The number of amides is 1. The maximum absolute atomic E-state index is 13.4. The first-order valence-electron chi connectivity index (χ1n) is 8.53. The second-order valence-electron chi connectivity index (χ2n) is 6.43. The molecule has 0 saturated carbocycles. The molecule has 0 radical (unpaired) electrons. The molecular weight excluding hydrogens is 355 g/mol. The monoisotopic (exact) mass is 376 g/mol. The van der Waals surface area contributed by atoms with E-state index in [1.807, 2.05) is 0 Å². The molecule has 8 nitrogen and oxygen atoms in total. The van der Waals surface area contributed by atoms with Gasteiger partial charge in [0.1, 0.15) is 5.82 Å². The van der Waals surface area contributed by atoms with E-state index in [0.717, 1.165) is 5.56 Å².